The largest absolute Gasteiger partial charge is 0.381 e. The van der Waals surface area contributed by atoms with Crippen molar-refractivity contribution in [3.63, 3.8) is 0 Å². The van der Waals surface area contributed by atoms with Gasteiger partial charge in [0.1, 0.15) is 5.82 Å². The van der Waals surface area contributed by atoms with Crippen LogP contribution >= 0.6 is 0 Å². The van der Waals surface area contributed by atoms with E-state index in [1.807, 2.05) is 0 Å². The van der Waals surface area contributed by atoms with Crippen molar-refractivity contribution >= 4 is 0 Å². The molecule has 0 radical (unpaired) electrons. The SMILES string of the molecule is Cc1nc(C2CCOC2)nc(C)c1CCCNC(C)C. The van der Waals surface area contributed by atoms with Gasteiger partial charge in [0, 0.05) is 30.0 Å². The molecule has 0 amide bonds. The van der Waals surface area contributed by atoms with Gasteiger partial charge in [0.2, 0.25) is 0 Å². The highest BCUT2D eigenvalue weighted by atomic mass is 16.5. The summed E-state index contributed by atoms with van der Waals surface area (Å²) in [4.78, 5) is 9.44. The Kier molecular flexibility index (Phi) is 5.49. The molecule has 2 rings (SSSR count). The van der Waals surface area contributed by atoms with E-state index in [1.165, 1.54) is 5.56 Å². The lowest BCUT2D eigenvalue weighted by Gasteiger charge is -2.14. The molecule has 1 unspecified atom stereocenters. The van der Waals surface area contributed by atoms with Crippen LogP contribution in [0.2, 0.25) is 0 Å². The molecule has 2 heterocycles. The fourth-order valence-electron chi connectivity index (χ4n) is 2.70. The Morgan fingerprint density at radius 1 is 1.25 bits per heavy atom. The van der Waals surface area contributed by atoms with E-state index in [1.54, 1.807) is 0 Å². The van der Waals surface area contributed by atoms with E-state index in [-0.39, 0.29) is 0 Å². The molecule has 4 heteroatoms. The van der Waals surface area contributed by atoms with Crippen LogP contribution in [0, 0.1) is 13.8 Å². The average Bonchev–Trinajstić information content (AvgIpc) is 2.90. The second kappa shape index (κ2) is 7.14. The fourth-order valence-corrected chi connectivity index (χ4v) is 2.70. The van der Waals surface area contributed by atoms with Gasteiger partial charge in [-0.15, -0.1) is 0 Å². The first-order valence-corrected chi connectivity index (χ1v) is 7.73. The van der Waals surface area contributed by atoms with Crippen molar-refractivity contribution in [2.24, 2.45) is 0 Å². The Hall–Kier alpha value is -1.00. The Balaban J connectivity index is 1.99. The summed E-state index contributed by atoms with van der Waals surface area (Å²) in [6.07, 6.45) is 3.24. The molecule has 0 spiro atoms. The molecule has 1 fully saturated rings. The molecule has 1 aliphatic heterocycles. The Bertz CT molecular complexity index is 416. The third-order valence-corrected chi connectivity index (χ3v) is 3.89. The summed E-state index contributed by atoms with van der Waals surface area (Å²) in [5.74, 6) is 1.37. The fraction of sp³-hybridized carbons (Fsp3) is 0.750. The van der Waals surface area contributed by atoms with E-state index in [4.69, 9.17) is 14.7 Å². The monoisotopic (exact) mass is 277 g/mol. The van der Waals surface area contributed by atoms with E-state index >= 15 is 0 Å². The van der Waals surface area contributed by atoms with Gasteiger partial charge in [-0.3, -0.25) is 0 Å². The molecule has 20 heavy (non-hydrogen) atoms. The second-order valence-electron chi connectivity index (χ2n) is 6.00. The first-order chi connectivity index (χ1) is 9.58. The molecule has 1 N–H and O–H groups in total. The van der Waals surface area contributed by atoms with Crippen LogP contribution < -0.4 is 5.32 Å². The van der Waals surface area contributed by atoms with E-state index in [2.05, 4.69) is 33.0 Å². The van der Waals surface area contributed by atoms with Crippen molar-refractivity contribution in [3.8, 4) is 0 Å². The van der Waals surface area contributed by atoms with E-state index in [0.717, 1.165) is 56.2 Å². The van der Waals surface area contributed by atoms with Crippen LogP contribution in [0.1, 0.15) is 55.4 Å². The number of ether oxygens (including phenoxy) is 1. The highest BCUT2D eigenvalue weighted by Gasteiger charge is 2.21. The summed E-state index contributed by atoms with van der Waals surface area (Å²) in [6, 6.07) is 0.554. The van der Waals surface area contributed by atoms with Crippen molar-refractivity contribution in [2.45, 2.75) is 58.9 Å². The quantitative estimate of drug-likeness (QED) is 0.812. The molecule has 1 atom stereocenters. The van der Waals surface area contributed by atoms with Crippen LogP contribution in [0.3, 0.4) is 0 Å². The molecule has 1 aromatic heterocycles. The number of hydrogen-bond donors (Lipinski definition) is 1. The maximum absolute atomic E-state index is 5.44. The van der Waals surface area contributed by atoms with Crippen LogP contribution in [0.25, 0.3) is 0 Å². The third-order valence-electron chi connectivity index (χ3n) is 3.89. The summed E-state index contributed by atoms with van der Waals surface area (Å²) >= 11 is 0. The lowest BCUT2D eigenvalue weighted by molar-refractivity contribution is 0.193. The Morgan fingerprint density at radius 2 is 1.95 bits per heavy atom. The molecule has 0 aliphatic carbocycles. The molecule has 0 saturated carbocycles. The summed E-state index contributed by atoms with van der Waals surface area (Å²) in [7, 11) is 0. The third kappa shape index (κ3) is 4.00. The van der Waals surface area contributed by atoms with Gasteiger partial charge in [0.25, 0.3) is 0 Å². The molecular formula is C16H27N3O. The smallest absolute Gasteiger partial charge is 0.134 e. The van der Waals surface area contributed by atoms with Crippen LogP contribution in [0.5, 0.6) is 0 Å². The van der Waals surface area contributed by atoms with Gasteiger partial charge in [-0.1, -0.05) is 13.8 Å². The minimum absolute atomic E-state index is 0.393. The lowest BCUT2D eigenvalue weighted by Crippen LogP contribution is -2.24. The first kappa shape index (κ1) is 15.4. The van der Waals surface area contributed by atoms with Gasteiger partial charge in [-0.05, 0) is 45.2 Å². The number of aromatic nitrogens is 2. The number of hydrogen-bond acceptors (Lipinski definition) is 4. The van der Waals surface area contributed by atoms with E-state index in [9.17, 15) is 0 Å². The first-order valence-electron chi connectivity index (χ1n) is 7.73. The lowest BCUT2D eigenvalue weighted by atomic mass is 10.0. The molecule has 1 saturated heterocycles. The zero-order valence-electron chi connectivity index (χ0n) is 13.2. The van der Waals surface area contributed by atoms with E-state index < -0.39 is 0 Å². The average molecular weight is 277 g/mol. The summed E-state index contributed by atoms with van der Waals surface area (Å²) in [5, 5.41) is 3.45. The number of nitrogens with one attached hydrogen (secondary N) is 1. The predicted molar refractivity (Wildman–Crippen MR) is 81.1 cm³/mol. The molecule has 0 aromatic carbocycles. The predicted octanol–water partition coefficient (Wildman–Crippen LogP) is 2.53. The molecule has 4 nitrogen and oxygen atoms in total. The minimum Gasteiger partial charge on any atom is -0.381 e. The van der Waals surface area contributed by atoms with Crippen LogP contribution in [-0.2, 0) is 11.2 Å². The van der Waals surface area contributed by atoms with Gasteiger partial charge >= 0.3 is 0 Å². The van der Waals surface area contributed by atoms with Crippen LogP contribution in [0.15, 0.2) is 0 Å². The summed E-state index contributed by atoms with van der Waals surface area (Å²) in [6.45, 7) is 11.2. The van der Waals surface area contributed by atoms with Gasteiger partial charge < -0.3 is 10.1 Å². The van der Waals surface area contributed by atoms with Crippen LogP contribution in [0.4, 0.5) is 0 Å². The molecule has 1 aliphatic rings. The number of aryl methyl sites for hydroxylation is 2. The van der Waals surface area contributed by atoms with Crippen molar-refractivity contribution in [2.75, 3.05) is 19.8 Å². The zero-order valence-corrected chi connectivity index (χ0v) is 13.2. The Morgan fingerprint density at radius 3 is 2.50 bits per heavy atom. The maximum atomic E-state index is 5.44. The minimum atomic E-state index is 0.393. The summed E-state index contributed by atoms with van der Waals surface area (Å²) in [5.41, 5.74) is 3.60. The molecule has 0 bridgehead atoms. The topological polar surface area (TPSA) is 47.0 Å². The maximum Gasteiger partial charge on any atom is 0.134 e. The van der Waals surface area contributed by atoms with Gasteiger partial charge in [-0.2, -0.15) is 0 Å². The zero-order chi connectivity index (χ0) is 14.5. The van der Waals surface area contributed by atoms with Gasteiger partial charge in [0.05, 0.1) is 6.61 Å². The Labute approximate surface area is 122 Å². The van der Waals surface area contributed by atoms with Gasteiger partial charge in [0.15, 0.2) is 0 Å². The summed E-state index contributed by atoms with van der Waals surface area (Å²) < 4.78 is 5.44. The standard InChI is InChI=1S/C16H27N3O/c1-11(2)17-8-5-6-15-12(3)18-16(19-13(15)4)14-7-9-20-10-14/h11,14,17H,5-10H2,1-4H3. The molecular weight excluding hydrogens is 250 g/mol. The highest BCUT2D eigenvalue weighted by Crippen LogP contribution is 2.24. The number of nitrogens with zero attached hydrogens (tertiary/aromatic N) is 2. The van der Waals surface area contributed by atoms with Crippen LogP contribution in [-0.4, -0.2) is 35.8 Å². The normalized spacial score (nSPS) is 18.9. The second-order valence-corrected chi connectivity index (χ2v) is 6.00. The van der Waals surface area contributed by atoms with E-state index in [0.29, 0.717) is 12.0 Å². The number of rotatable bonds is 6. The highest BCUT2D eigenvalue weighted by molar-refractivity contribution is 5.25. The van der Waals surface area contributed by atoms with Gasteiger partial charge in [-0.25, -0.2) is 9.97 Å². The molecule has 1 aromatic rings. The van der Waals surface area contributed by atoms with Crippen molar-refractivity contribution in [1.29, 1.82) is 0 Å². The van der Waals surface area contributed by atoms with Crippen molar-refractivity contribution in [3.05, 3.63) is 22.8 Å². The van der Waals surface area contributed by atoms with Crippen molar-refractivity contribution in [1.82, 2.24) is 15.3 Å². The molecule has 112 valence electrons. The van der Waals surface area contributed by atoms with Crippen molar-refractivity contribution < 1.29 is 4.74 Å².